The summed E-state index contributed by atoms with van der Waals surface area (Å²) in [6, 6.07) is 16.0. The summed E-state index contributed by atoms with van der Waals surface area (Å²) in [4.78, 5) is 22.2. The van der Waals surface area contributed by atoms with E-state index in [2.05, 4.69) is 0 Å². The lowest BCUT2D eigenvalue weighted by molar-refractivity contribution is -0.136. The Labute approximate surface area is 149 Å². The fourth-order valence-corrected chi connectivity index (χ4v) is 2.84. The maximum Gasteiger partial charge on any atom is 0.335 e. The van der Waals surface area contributed by atoms with Gasteiger partial charge >= 0.3 is 11.9 Å². The van der Waals surface area contributed by atoms with Crippen LogP contribution in [-0.4, -0.2) is 26.7 Å². The van der Waals surface area contributed by atoms with Gasteiger partial charge in [-0.15, -0.1) is 0 Å². The molecule has 0 atom stereocenters. The summed E-state index contributed by atoms with van der Waals surface area (Å²) in [5.74, 6) is -2.32. The number of nitrogens with zero attached hydrogens (tertiary/aromatic N) is 1. The van der Waals surface area contributed by atoms with Crippen LogP contribution in [0.25, 0.3) is 16.9 Å². The monoisotopic (exact) mass is 353 g/mol. The quantitative estimate of drug-likeness (QED) is 0.702. The van der Waals surface area contributed by atoms with Crippen molar-refractivity contribution in [1.29, 1.82) is 0 Å². The Hall–Kier alpha value is -3.41. The molecule has 0 spiro atoms. The van der Waals surface area contributed by atoms with E-state index in [0.717, 1.165) is 17.0 Å². The fraction of sp³-hybridized carbons (Fsp3) is 0.100. The lowest BCUT2D eigenvalue weighted by atomic mass is 10.1. The SMILES string of the molecule is O=C(O)CCc1ccc(-c2ccc(F)cc2)n1-c1cccc(C(=O)O)c1. The number of hydrogen-bond acceptors (Lipinski definition) is 2. The second-order valence-corrected chi connectivity index (χ2v) is 5.80. The van der Waals surface area contributed by atoms with Gasteiger partial charge in [0, 0.05) is 11.4 Å². The van der Waals surface area contributed by atoms with Gasteiger partial charge < -0.3 is 14.8 Å². The minimum absolute atomic E-state index is 0.0501. The van der Waals surface area contributed by atoms with Crippen LogP contribution in [0.2, 0.25) is 0 Å². The number of benzene rings is 2. The Balaban J connectivity index is 2.14. The van der Waals surface area contributed by atoms with Gasteiger partial charge in [-0.3, -0.25) is 4.79 Å². The van der Waals surface area contributed by atoms with Crippen LogP contribution in [0.5, 0.6) is 0 Å². The number of rotatable bonds is 6. The highest BCUT2D eigenvalue weighted by Gasteiger charge is 2.14. The first-order valence-corrected chi connectivity index (χ1v) is 7.98. The molecule has 0 unspecified atom stereocenters. The highest BCUT2D eigenvalue weighted by molar-refractivity contribution is 5.88. The van der Waals surface area contributed by atoms with Crippen molar-refractivity contribution in [3.05, 3.63) is 77.7 Å². The number of carboxylic acids is 2. The Morgan fingerprint density at radius 1 is 0.962 bits per heavy atom. The lowest BCUT2D eigenvalue weighted by Gasteiger charge is -2.14. The second kappa shape index (κ2) is 7.23. The Morgan fingerprint density at radius 2 is 1.69 bits per heavy atom. The van der Waals surface area contributed by atoms with Crippen molar-refractivity contribution in [2.24, 2.45) is 0 Å². The predicted octanol–water partition coefficient (Wildman–Crippen LogP) is 4.00. The third kappa shape index (κ3) is 3.64. The molecular weight excluding hydrogens is 337 g/mol. The number of carbonyl (C=O) groups is 2. The summed E-state index contributed by atoms with van der Waals surface area (Å²) in [5, 5.41) is 18.2. The van der Waals surface area contributed by atoms with Gasteiger partial charge in [0.15, 0.2) is 0 Å². The standard InChI is InChI=1S/C20H16FNO4/c21-15-6-4-13(5-7-15)18-10-8-16(9-11-19(23)24)22(18)17-3-1-2-14(12-17)20(25)26/h1-8,10,12H,9,11H2,(H,23,24)(H,25,26). The van der Waals surface area contributed by atoms with Gasteiger partial charge in [0.1, 0.15) is 5.82 Å². The molecular formula is C20H16FNO4. The predicted molar refractivity (Wildman–Crippen MR) is 94.1 cm³/mol. The topological polar surface area (TPSA) is 79.5 Å². The summed E-state index contributed by atoms with van der Waals surface area (Å²) in [6.45, 7) is 0. The van der Waals surface area contributed by atoms with Crippen LogP contribution in [0.3, 0.4) is 0 Å². The molecule has 0 aliphatic heterocycles. The molecule has 5 nitrogen and oxygen atoms in total. The third-order valence-corrected chi connectivity index (χ3v) is 4.05. The maximum absolute atomic E-state index is 13.2. The molecule has 0 radical (unpaired) electrons. The maximum atomic E-state index is 13.2. The molecule has 6 heteroatoms. The zero-order chi connectivity index (χ0) is 18.7. The largest absolute Gasteiger partial charge is 0.481 e. The molecule has 0 bridgehead atoms. The zero-order valence-corrected chi connectivity index (χ0v) is 13.7. The van der Waals surface area contributed by atoms with E-state index in [-0.39, 0.29) is 24.2 Å². The first-order chi connectivity index (χ1) is 12.5. The van der Waals surface area contributed by atoms with E-state index in [1.54, 1.807) is 30.3 Å². The van der Waals surface area contributed by atoms with Crippen molar-refractivity contribution < 1.29 is 24.2 Å². The molecule has 1 heterocycles. The second-order valence-electron chi connectivity index (χ2n) is 5.80. The Morgan fingerprint density at radius 3 is 2.35 bits per heavy atom. The van der Waals surface area contributed by atoms with Gasteiger partial charge in [-0.25, -0.2) is 9.18 Å². The molecule has 0 aliphatic carbocycles. The van der Waals surface area contributed by atoms with Crippen LogP contribution in [-0.2, 0) is 11.2 Å². The van der Waals surface area contributed by atoms with Gasteiger partial charge in [0.05, 0.1) is 17.7 Å². The molecule has 26 heavy (non-hydrogen) atoms. The highest BCUT2D eigenvalue weighted by Crippen LogP contribution is 2.28. The molecule has 0 aliphatic rings. The minimum Gasteiger partial charge on any atom is -0.481 e. The number of aryl methyl sites for hydroxylation is 1. The van der Waals surface area contributed by atoms with E-state index in [4.69, 9.17) is 5.11 Å². The molecule has 3 rings (SSSR count). The molecule has 132 valence electrons. The molecule has 1 aromatic heterocycles. The molecule has 0 saturated carbocycles. The van der Waals surface area contributed by atoms with E-state index in [0.29, 0.717) is 5.69 Å². The van der Waals surface area contributed by atoms with Crippen LogP contribution in [0.15, 0.2) is 60.7 Å². The average molecular weight is 353 g/mol. The number of hydrogen-bond donors (Lipinski definition) is 2. The number of aromatic carboxylic acids is 1. The van der Waals surface area contributed by atoms with E-state index in [9.17, 15) is 19.1 Å². The summed E-state index contributed by atoms with van der Waals surface area (Å²) in [6.07, 6.45) is 0.235. The number of aromatic nitrogens is 1. The van der Waals surface area contributed by atoms with Crippen molar-refractivity contribution in [3.8, 4) is 16.9 Å². The number of carboxylic acid groups (broad SMARTS) is 2. The fourth-order valence-electron chi connectivity index (χ4n) is 2.84. The van der Waals surface area contributed by atoms with E-state index >= 15 is 0 Å². The average Bonchev–Trinajstić information content (AvgIpc) is 3.04. The van der Waals surface area contributed by atoms with E-state index in [1.807, 2.05) is 10.6 Å². The third-order valence-electron chi connectivity index (χ3n) is 4.05. The summed E-state index contributed by atoms with van der Waals surface area (Å²) in [5.41, 5.74) is 2.94. The molecule has 0 saturated heterocycles. The molecule has 0 amide bonds. The van der Waals surface area contributed by atoms with Crippen LogP contribution >= 0.6 is 0 Å². The molecule has 3 aromatic rings. The lowest BCUT2D eigenvalue weighted by Crippen LogP contribution is -2.06. The summed E-state index contributed by atoms with van der Waals surface area (Å²) < 4.78 is 15.1. The van der Waals surface area contributed by atoms with Gasteiger partial charge in [-0.1, -0.05) is 6.07 Å². The van der Waals surface area contributed by atoms with Crippen molar-refractivity contribution >= 4 is 11.9 Å². The van der Waals surface area contributed by atoms with Crippen molar-refractivity contribution in [2.75, 3.05) is 0 Å². The number of aliphatic carboxylic acids is 1. The van der Waals surface area contributed by atoms with Gasteiger partial charge in [0.2, 0.25) is 0 Å². The normalized spacial score (nSPS) is 10.7. The Bertz CT molecular complexity index is 960. The summed E-state index contributed by atoms with van der Waals surface area (Å²) >= 11 is 0. The first kappa shape index (κ1) is 17.4. The molecule has 0 fully saturated rings. The molecule has 2 N–H and O–H groups in total. The van der Waals surface area contributed by atoms with E-state index < -0.39 is 11.9 Å². The zero-order valence-electron chi connectivity index (χ0n) is 13.7. The van der Waals surface area contributed by atoms with Gasteiger partial charge in [-0.2, -0.15) is 0 Å². The van der Waals surface area contributed by atoms with Crippen LogP contribution in [0.4, 0.5) is 4.39 Å². The molecule has 2 aromatic carbocycles. The Kier molecular flexibility index (Phi) is 4.84. The number of halogens is 1. The summed E-state index contributed by atoms with van der Waals surface area (Å²) in [7, 11) is 0. The van der Waals surface area contributed by atoms with Crippen molar-refractivity contribution in [1.82, 2.24) is 4.57 Å². The van der Waals surface area contributed by atoms with Gasteiger partial charge in [0.25, 0.3) is 0 Å². The van der Waals surface area contributed by atoms with E-state index in [1.165, 1.54) is 24.3 Å². The van der Waals surface area contributed by atoms with Crippen molar-refractivity contribution in [2.45, 2.75) is 12.8 Å². The van der Waals surface area contributed by atoms with Gasteiger partial charge in [-0.05, 0) is 66.6 Å². The van der Waals surface area contributed by atoms with Crippen LogP contribution < -0.4 is 0 Å². The smallest absolute Gasteiger partial charge is 0.335 e. The minimum atomic E-state index is -1.05. The van der Waals surface area contributed by atoms with Crippen LogP contribution in [0, 0.1) is 5.82 Å². The highest BCUT2D eigenvalue weighted by atomic mass is 19.1. The van der Waals surface area contributed by atoms with Crippen LogP contribution in [0.1, 0.15) is 22.5 Å². The van der Waals surface area contributed by atoms with Crippen molar-refractivity contribution in [3.63, 3.8) is 0 Å². The first-order valence-electron chi connectivity index (χ1n) is 7.98.